The molecule has 0 unspecified atom stereocenters. The van der Waals surface area contributed by atoms with Gasteiger partial charge in [0.15, 0.2) is 11.5 Å². The minimum absolute atomic E-state index is 0.0794. The van der Waals surface area contributed by atoms with Crippen molar-refractivity contribution in [3.8, 4) is 17.2 Å². The summed E-state index contributed by atoms with van der Waals surface area (Å²) in [4.78, 5) is 10.8. The third kappa shape index (κ3) is 3.07. The van der Waals surface area contributed by atoms with Crippen molar-refractivity contribution in [2.45, 2.75) is 6.61 Å². The summed E-state index contributed by atoms with van der Waals surface area (Å²) >= 11 is 0. The number of carbonyl (C=O) groups is 1. The molecule has 0 aliphatic heterocycles. The van der Waals surface area contributed by atoms with E-state index in [0.29, 0.717) is 17.2 Å². The Morgan fingerprint density at radius 3 is 2.35 bits per heavy atom. The van der Waals surface area contributed by atoms with E-state index in [9.17, 15) is 4.79 Å². The molecule has 0 fully saturated rings. The number of methoxy groups -OCH3 is 1. The first-order valence-corrected chi connectivity index (χ1v) is 5.93. The predicted octanol–water partition coefficient (Wildman–Crippen LogP) is 2.68. The van der Waals surface area contributed by atoms with Gasteiger partial charge in [-0.3, -0.25) is 0 Å². The molecule has 2 N–H and O–H groups in total. The van der Waals surface area contributed by atoms with Gasteiger partial charge in [0.25, 0.3) is 0 Å². The number of benzene rings is 2. The molecule has 0 heterocycles. The van der Waals surface area contributed by atoms with Crippen molar-refractivity contribution in [2.24, 2.45) is 0 Å². The molecule has 0 saturated heterocycles. The van der Waals surface area contributed by atoms with Crippen LogP contribution in [-0.2, 0) is 6.61 Å². The molecule has 2 aromatic carbocycles. The van der Waals surface area contributed by atoms with E-state index in [1.807, 2.05) is 0 Å². The van der Waals surface area contributed by atoms with E-state index >= 15 is 0 Å². The van der Waals surface area contributed by atoms with Gasteiger partial charge >= 0.3 is 5.97 Å². The molecule has 2 aromatic rings. The summed E-state index contributed by atoms with van der Waals surface area (Å²) in [6.45, 7) is -0.0794. The van der Waals surface area contributed by atoms with Crippen molar-refractivity contribution in [1.82, 2.24) is 0 Å². The molecule has 0 spiro atoms. The number of ether oxygens (including phenoxy) is 2. The molecule has 5 heteroatoms. The van der Waals surface area contributed by atoms with Crippen molar-refractivity contribution in [2.75, 3.05) is 7.11 Å². The molecule has 0 radical (unpaired) electrons. The van der Waals surface area contributed by atoms with Crippen LogP contribution in [0.2, 0.25) is 0 Å². The highest BCUT2D eigenvalue weighted by molar-refractivity contribution is 5.87. The van der Waals surface area contributed by atoms with Crippen LogP contribution in [0.4, 0.5) is 0 Å². The van der Waals surface area contributed by atoms with E-state index < -0.39 is 5.97 Å². The molecule has 0 aliphatic rings. The summed E-state index contributed by atoms with van der Waals surface area (Å²) in [7, 11) is 1.51. The van der Waals surface area contributed by atoms with Gasteiger partial charge in [0.05, 0.1) is 19.3 Å². The van der Waals surface area contributed by atoms with Crippen LogP contribution in [0.15, 0.2) is 42.5 Å². The van der Waals surface area contributed by atoms with E-state index in [1.54, 1.807) is 30.3 Å². The average molecular weight is 274 g/mol. The number of hydrogen-bond acceptors (Lipinski definition) is 4. The molecule has 20 heavy (non-hydrogen) atoms. The fourth-order valence-electron chi connectivity index (χ4n) is 1.69. The van der Waals surface area contributed by atoms with Crippen LogP contribution < -0.4 is 9.47 Å². The van der Waals surface area contributed by atoms with Gasteiger partial charge in [-0.1, -0.05) is 6.07 Å². The first kappa shape index (κ1) is 13.9. The minimum atomic E-state index is -0.985. The maximum absolute atomic E-state index is 10.8. The zero-order valence-corrected chi connectivity index (χ0v) is 10.9. The SMILES string of the molecule is COc1cc(CO)ccc1Oc1ccc(C(=O)O)cc1. The Bertz CT molecular complexity index is 604. The lowest BCUT2D eigenvalue weighted by atomic mass is 10.2. The van der Waals surface area contributed by atoms with Gasteiger partial charge in [0.1, 0.15) is 5.75 Å². The summed E-state index contributed by atoms with van der Waals surface area (Å²) in [6, 6.07) is 11.2. The Kier molecular flexibility index (Phi) is 4.22. The molecular formula is C15H14O5. The summed E-state index contributed by atoms with van der Waals surface area (Å²) in [6.07, 6.45) is 0. The van der Waals surface area contributed by atoms with Crippen molar-refractivity contribution in [3.05, 3.63) is 53.6 Å². The zero-order chi connectivity index (χ0) is 14.5. The van der Waals surface area contributed by atoms with Gasteiger partial charge in [-0.05, 0) is 42.0 Å². The summed E-state index contributed by atoms with van der Waals surface area (Å²) in [5, 5.41) is 17.9. The standard InChI is InChI=1S/C15H14O5/c1-19-14-8-10(9-16)2-7-13(14)20-12-5-3-11(4-6-12)15(17)18/h2-8,16H,9H2,1H3,(H,17,18). The number of carboxylic acid groups (broad SMARTS) is 1. The lowest BCUT2D eigenvalue weighted by Crippen LogP contribution is -1.96. The molecule has 104 valence electrons. The molecular weight excluding hydrogens is 260 g/mol. The first-order valence-electron chi connectivity index (χ1n) is 5.93. The Morgan fingerprint density at radius 2 is 1.80 bits per heavy atom. The van der Waals surface area contributed by atoms with Crippen LogP contribution in [0.3, 0.4) is 0 Å². The van der Waals surface area contributed by atoms with E-state index in [-0.39, 0.29) is 12.2 Å². The second-order valence-corrected chi connectivity index (χ2v) is 4.07. The van der Waals surface area contributed by atoms with Crippen LogP contribution in [-0.4, -0.2) is 23.3 Å². The summed E-state index contributed by atoms with van der Waals surface area (Å²) in [5.74, 6) is 0.512. The largest absolute Gasteiger partial charge is 0.493 e. The van der Waals surface area contributed by atoms with Crippen LogP contribution in [0, 0.1) is 0 Å². The molecule has 0 bridgehead atoms. The molecule has 0 atom stereocenters. The van der Waals surface area contributed by atoms with E-state index in [0.717, 1.165) is 5.56 Å². The monoisotopic (exact) mass is 274 g/mol. The van der Waals surface area contributed by atoms with Crippen LogP contribution in [0.25, 0.3) is 0 Å². The second kappa shape index (κ2) is 6.08. The number of aliphatic hydroxyl groups excluding tert-OH is 1. The number of hydrogen-bond donors (Lipinski definition) is 2. The van der Waals surface area contributed by atoms with Crippen LogP contribution in [0.1, 0.15) is 15.9 Å². The van der Waals surface area contributed by atoms with Gasteiger partial charge in [-0.25, -0.2) is 4.79 Å². The van der Waals surface area contributed by atoms with Crippen molar-refractivity contribution in [3.63, 3.8) is 0 Å². The lowest BCUT2D eigenvalue weighted by molar-refractivity contribution is 0.0697. The average Bonchev–Trinajstić information content (AvgIpc) is 2.48. The van der Waals surface area contributed by atoms with Crippen LogP contribution >= 0.6 is 0 Å². The Balaban J connectivity index is 2.23. The van der Waals surface area contributed by atoms with Crippen molar-refractivity contribution in [1.29, 1.82) is 0 Å². The van der Waals surface area contributed by atoms with Gasteiger partial charge < -0.3 is 19.7 Å². The quantitative estimate of drug-likeness (QED) is 0.876. The molecule has 0 aliphatic carbocycles. The topological polar surface area (TPSA) is 76.0 Å². The van der Waals surface area contributed by atoms with Gasteiger partial charge in [-0.15, -0.1) is 0 Å². The lowest BCUT2D eigenvalue weighted by Gasteiger charge is -2.11. The van der Waals surface area contributed by atoms with E-state index in [2.05, 4.69) is 0 Å². The fourth-order valence-corrected chi connectivity index (χ4v) is 1.69. The van der Waals surface area contributed by atoms with Crippen molar-refractivity contribution >= 4 is 5.97 Å². The fraction of sp³-hybridized carbons (Fsp3) is 0.133. The highest BCUT2D eigenvalue weighted by Gasteiger charge is 2.08. The molecule has 0 amide bonds. The van der Waals surface area contributed by atoms with E-state index in [4.69, 9.17) is 19.7 Å². The molecule has 0 saturated carbocycles. The summed E-state index contributed by atoms with van der Waals surface area (Å²) in [5.41, 5.74) is 0.912. The number of rotatable bonds is 5. The third-order valence-corrected chi connectivity index (χ3v) is 2.74. The maximum atomic E-state index is 10.8. The first-order chi connectivity index (χ1) is 9.63. The van der Waals surface area contributed by atoms with E-state index in [1.165, 1.54) is 19.2 Å². The molecule has 5 nitrogen and oxygen atoms in total. The Morgan fingerprint density at radius 1 is 1.10 bits per heavy atom. The Hall–Kier alpha value is -2.53. The maximum Gasteiger partial charge on any atom is 0.335 e. The molecule has 0 aromatic heterocycles. The Labute approximate surface area is 116 Å². The zero-order valence-electron chi connectivity index (χ0n) is 10.9. The highest BCUT2D eigenvalue weighted by Crippen LogP contribution is 2.32. The normalized spacial score (nSPS) is 10.1. The summed E-state index contributed by atoms with van der Waals surface area (Å²) < 4.78 is 10.8. The van der Waals surface area contributed by atoms with Crippen LogP contribution in [0.5, 0.6) is 17.2 Å². The van der Waals surface area contributed by atoms with Gasteiger partial charge in [0, 0.05) is 0 Å². The number of aliphatic hydroxyl groups is 1. The highest BCUT2D eigenvalue weighted by atomic mass is 16.5. The predicted molar refractivity (Wildman–Crippen MR) is 72.4 cm³/mol. The number of aromatic carboxylic acids is 1. The molecule has 2 rings (SSSR count). The third-order valence-electron chi connectivity index (χ3n) is 2.74. The minimum Gasteiger partial charge on any atom is -0.493 e. The van der Waals surface area contributed by atoms with Gasteiger partial charge in [-0.2, -0.15) is 0 Å². The smallest absolute Gasteiger partial charge is 0.335 e. The van der Waals surface area contributed by atoms with Crippen molar-refractivity contribution < 1.29 is 24.5 Å². The second-order valence-electron chi connectivity index (χ2n) is 4.07. The number of carboxylic acids is 1. The van der Waals surface area contributed by atoms with Gasteiger partial charge in [0.2, 0.25) is 0 Å².